The Morgan fingerprint density at radius 3 is 1.96 bits per heavy atom. The molecule has 272 valence electrons. The molecule has 0 aromatic heterocycles. The lowest BCUT2D eigenvalue weighted by Gasteiger charge is -2.35. The lowest BCUT2D eigenvalue weighted by atomic mass is 10.1. The number of nitrogens with two attached hydrogens (primary N) is 2. The normalized spacial score (nSPS) is 13.9. The van der Waals surface area contributed by atoms with Gasteiger partial charge >= 0.3 is 12.1 Å². The lowest BCUT2D eigenvalue weighted by molar-refractivity contribution is -0.192. The van der Waals surface area contributed by atoms with Crippen LogP contribution in [0.1, 0.15) is 15.9 Å². The van der Waals surface area contributed by atoms with E-state index in [0.717, 1.165) is 16.2 Å². The molecule has 21 heteroatoms. The van der Waals surface area contributed by atoms with Gasteiger partial charge in [0.2, 0.25) is 20.0 Å². The molecule has 50 heavy (non-hydrogen) atoms. The summed E-state index contributed by atoms with van der Waals surface area (Å²) in [5.74, 6) is -3.50. The highest BCUT2D eigenvalue weighted by Crippen LogP contribution is 2.29. The van der Waals surface area contributed by atoms with Crippen LogP contribution in [0, 0.1) is 0 Å². The van der Waals surface area contributed by atoms with Gasteiger partial charge in [-0.25, -0.2) is 26.6 Å². The number of carboxylic acid groups (broad SMARTS) is 1. The first kappa shape index (κ1) is 40.1. The number of anilines is 3. The standard InChI is InChI=1S/C27H31Cl2N7O5S2.C2HF3O2/c1-34(42(2,38)39)25-8-3-18(17-32-27(30)31)13-24(25)26(37)33-21-4-6-23(7-5-21)43(40,41)36-11-9-35(10-12-36)22-15-19(28)14-20(29)16-22;3-2(4,5)1(6)7/h3-8,13-16H,9-12,17H2,1-2H3,(H,33,37)(H4,30,31,32);(H,6,7). The lowest BCUT2D eigenvalue weighted by Crippen LogP contribution is -2.48. The topological polar surface area (TPSA) is 209 Å². The smallest absolute Gasteiger partial charge is 0.475 e. The molecule has 1 heterocycles. The van der Waals surface area contributed by atoms with Crippen LogP contribution in [0.2, 0.25) is 10.0 Å². The van der Waals surface area contributed by atoms with E-state index in [-0.39, 0.29) is 41.7 Å². The number of carbonyl (C=O) groups is 2. The summed E-state index contributed by atoms with van der Waals surface area (Å²) in [5, 5.41) is 10.8. The second kappa shape index (κ2) is 16.2. The van der Waals surface area contributed by atoms with Crippen LogP contribution >= 0.6 is 23.2 Å². The van der Waals surface area contributed by atoms with Gasteiger partial charge in [0.15, 0.2) is 5.96 Å². The van der Waals surface area contributed by atoms with Crippen LogP contribution in [-0.4, -0.2) is 89.7 Å². The minimum Gasteiger partial charge on any atom is -0.475 e. The van der Waals surface area contributed by atoms with Crippen molar-refractivity contribution < 1.29 is 44.7 Å². The van der Waals surface area contributed by atoms with E-state index in [1.54, 1.807) is 24.3 Å². The Labute approximate surface area is 296 Å². The Hall–Kier alpha value is -4.30. The van der Waals surface area contributed by atoms with Crippen LogP contribution in [0.15, 0.2) is 70.6 Å². The van der Waals surface area contributed by atoms with Crippen molar-refractivity contribution >= 4 is 78.1 Å². The van der Waals surface area contributed by atoms with E-state index in [0.29, 0.717) is 34.4 Å². The monoisotopic (exact) mass is 781 g/mol. The summed E-state index contributed by atoms with van der Waals surface area (Å²) in [5.41, 5.74) is 12.7. The van der Waals surface area contributed by atoms with E-state index in [9.17, 15) is 34.8 Å². The number of guanidine groups is 1. The molecule has 0 bridgehead atoms. The van der Waals surface area contributed by atoms with Gasteiger partial charge in [0.25, 0.3) is 5.91 Å². The molecule has 3 aromatic carbocycles. The molecule has 0 aliphatic carbocycles. The predicted molar refractivity (Wildman–Crippen MR) is 185 cm³/mol. The third kappa shape index (κ3) is 10.8. The second-order valence-electron chi connectivity index (χ2n) is 10.6. The molecule has 1 aliphatic rings. The van der Waals surface area contributed by atoms with E-state index >= 15 is 0 Å². The number of amides is 1. The second-order valence-corrected chi connectivity index (χ2v) is 15.4. The number of carbonyl (C=O) groups excluding carboxylic acids is 1. The number of halogens is 5. The maximum absolute atomic E-state index is 13.3. The number of alkyl halides is 3. The van der Waals surface area contributed by atoms with Gasteiger partial charge in [0.1, 0.15) is 0 Å². The summed E-state index contributed by atoms with van der Waals surface area (Å²) in [6, 6.07) is 15.6. The van der Waals surface area contributed by atoms with Crippen molar-refractivity contribution in [2.45, 2.75) is 17.6 Å². The molecule has 0 spiro atoms. The van der Waals surface area contributed by atoms with Gasteiger partial charge in [-0.2, -0.15) is 17.5 Å². The molecular formula is C29H32Cl2F3N7O7S2. The summed E-state index contributed by atoms with van der Waals surface area (Å²) in [4.78, 5) is 28.2. The first-order valence-corrected chi connectivity index (χ1v) is 18.2. The highest BCUT2D eigenvalue weighted by atomic mass is 35.5. The molecule has 14 nitrogen and oxygen atoms in total. The summed E-state index contributed by atoms with van der Waals surface area (Å²) >= 11 is 12.2. The van der Waals surface area contributed by atoms with Crippen molar-refractivity contribution in [3.63, 3.8) is 0 Å². The zero-order valence-corrected chi connectivity index (χ0v) is 29.5. The molecule has 0 atom stereocenters. The van der Waals surface area contributed by atoms with Gasteiger partial charge in [0, 0.05) is 54.6 Å². The third-order valence-corrected chi connectivity index (χ3v) is 10.6. The maximum atomic E-state index is 13.3. The molecule has 6 N–H and O–H groups in total. The van der Waals surface area contributed by atoms with Crippen molar-refractivity contribution in [3.8, 4) is 0 Å². The highest BCUT2D eigenvalue weighted by Gasteiger charge is 2.38. The average Bonchev–Trinajstić information content (AvgIpc) is 3.02. The fourth-order valence-electron chi connectivity index (χ4n) is 4.47. The Morgan fingerprint density at radius 1 is 0.940 bits per heavy atom. The Morgan fingerprint density at radius 2 is 1.48 bits per heavy atom. The largest absolute Gasteiger partial charge is 0.490 e. The molecule has 1 saturated heterocycles. The minimum atomic E-state index is -5.08. The number of piperazine rings is 1. The predicted octanol–water partition coefficient (Wildman–Crippen LogP) is 3.56. The molecule has 0 unspecified atom stereocenters. The van der Waals surface area contributed by atoms with Crippen LogP contribution < -0.4 is 26.0 Å². The van der Waals surface area contributed by atoms with Gasteiger partial charge in [-0.15, -0.1) is 0 Å². The van der Waals surface area contributed by atoms with Gasteiger partial charge < -0.3 is 26.8 Å². The summed E-state index contributed by atoms with van der Waals surface area (Å²) < 4.78 is 85.2. The molecule has 3 aromatic rings. The van der Waals surface area contributed by atoms with Crippen molar-refractivity contribution in [1.82, 2.24) is 4.31 Å². The molecule has 0 radical (unpaired) electrons. The zero-order valence-electron chi connectivity index (χ0n) is 26.4. The van der Waals surface area contributed by atoms with Crippen LogP contribution in [0.25, 0.3) is 0 Å². The minimum absolute atomic E-state index is 0.0618. The summed E-state index contributed by atoms with van der Waals surface area (Å²) in [7, 11) is -6.14. The first-order valence-electron chi connectivity index (χ1n) is 14.1. The molecular weight excluding hydrogens is 750 g/mol. The molecule has 1 aliphatic heterocycles. The van der Waals surface area contributed by atoms with Crippen LogP contribution in [0.4, 0.5) is 30.2 Å². The number of benzene rings is 3. The van der Waals surface area contributed by atoms with E-state index in [1.165, 1.54) is 47.8 Å². The molecule has 0 saturated carbocycles. The third-order valence-electron chi connectivity index (χ3n) is 7.03. The Bertz CT molecular complexity index is 1950. The highest BCUT2D eigenvalue weighted by molar-refractivity contribution is 7.92. The van der Waals surface area contributed by atoms with Crippen molar-refractivity contribution in [3.05, 3.63) is 81.8 Å². The fourth-order valence-corrected chi connectivity index (χ4v) is 6.92. The average molecular weight is 783 g/mol. The quantitative estimate of drug-likeness (QED) is 0.183. The maximum Gasteiger partial charge on any atom is 0.490 e. The van der Waals surface area contributed by atoms with Gasteiger partial charge in [-0.3, -0.25) is 9.10 Å². The Kier molecular flexibility index (Phi) is 13.0. The van der Waals surface area contributed by atoms with Crippen LogP contribution in [0.5, 0.6) is 0 Å². The van der Waals surface area contributed by atoms with Crippen molar-refractivity contribution in [2.24, 2.45) is 16.5 Å². The van der Waals surface area contributed by atoms with Gasteiger partial charge in [0.05, 0.1) is 28.9 Å². The number of hydrogen-bond donors (Lipinski definition) is 4. The Balaban J connectivity index is 0.000000872. The summed E-state index contributed by atoms with van der Waals surface area (Å²) in [6.45, 7) is 1.52. The number of aliphatic carboxylic acids is 1. The van der Waals surface area contributed by atoms with E-state index < -0.39 is 38.1 Å². The first-order chi connectivity index (χ1) is 23.1. The fraction of sp³-hybridized carbons (Fsp3) is 0.276. The van der Waals surface area contributed by atoms with E-state index in [1.807, 2.05) is 4.90 Å². The van der Waals surface area contributed by atoms with E-state index in [2.05, 4.69) is 10.3 Å². The number of hydrogen-bond acceptors (Lipinski definition) is 8. The number of sulfonamides is 2. The van der Waals surface area contributed by atoms with Crippen molar-refractivity contribution in [2.75, 3.05) is 54.0 Å². The number of nitrogens with zero attached hydrogens (tertiary/aromatic N) is 4. The van der Waals surface area contributed by atoms with E-state index in [4.69, 9.17) is 44.6 Å². The van der Waals surface area contributed by atoms with Gasteiger partial charge in [-0.05, 0) is 60.2 Å². The summed E-state index contributed by atoms with van der Waals surface area (Å²) in [6.07, 6.45) is -4.06. The van der Waals surface area contributed by atoms with Gasteiger partial charge in [-0.1, -0.05) is 29.3 Å². The zero-order chi connectivity index (χ0) is 37.6. The molecule has 4 rings (SSSR count). The molecule has 1 fully saturated rings. The van der Waals surface area contributed by atoms with Crippen LogP contribution in [-0.2, 0) is 31.4 Å². The number of aliphatic imine (C=N–C) groups is 1. The van der Waals surface area contributed by atoms with Crippen LogP contribution in [0.3, 0.4) is 0 Å². The molecule has 1 amide bonds. The number of nitrogens with one attached hydrogen (secondary N) is 1. The SMILES string of the molecule is CN(c1ccc(CN=C(N)N)cc1C(=O)Nc1ccc(S(=O)(=O)N2CCN(c3cc(Cl)cc(Cl)c3)CC2)cc1)S(C)(=O)=O.O=C(O)C(F)(F)F. The number of rotatable bonds is 9. The number of carboxylic acids is 1. The van der Waals surface area contributed by atoms with Crippen molar-refractivity contribution in [1.29, 1.82) is 0 Å².